The van der Waals surface area contributed by atoms with Crippen LogP contribution in [0.5, 0.6) is 0 Å². The van der Waals surface area contributed by atoms with Crippen LogP contribution in [0.25, 0.3) is 66.1 Å². The fourth-order valence-electron chi connectivity index (χ4n) is 5.72. The summed E-state index contributed by atoms with van der Waals surface area (Å²) in [5, 5.41) is 4.64. The van der Waals surface area contributed by atoms with Crippen LogP contribution in [0.2, 0.25) is 0 Å². The predicted octanol–water partition coefficient (Wildman–Crippen LogP) is 9.46. The van der Waals surface area contributed by atoms with Crippen LogP contribution in [0.15, 0.2) is 138 Å². The van der Waals surface area contributed by atoms with Crippen molar-refractivity contribution in [2.45, 2.75) is 0 Å². The highest BCUT2D eigenvalue weighted by atomic mass is 16.3. The van der Waals surface area contributed by atoms with Gasteiger partial charge in [-0.1, -0.05) is 66.7 Å². The van der Waals surface area contributed by atoms with Crippen molar-refractivity contribution in [3.8, 4) is 16.8 Å². The monoisotopic (exact) mass is 471 g/mol. The molecule has 0 bridgehead atoms. The molecule has 37 heavy (non-hydrogen) atoms. The molecular weight excluding hydrogens is 450 g/mol. The Morgan fingerprint density at radius 1 is 0.595 bits per heavy atom. The zero-order valence-electron chi connectivity index (χ0n) is 20.0. The van der Waals surface area contributed by atoms with Crippen molar-refractivity contribution in [1.82, 2.24) is 4.57 Å². The third-order valence-corrected chi connectivity index (χ3v) is 7.39. The van der Waals surface area contributed by atoms with E-state index in [2.05, 4.69) is 120 Å². The summed E-state index contributed by atoms with van der Waals surface area (Å²) in [5.41, 5.74) is 13.2. The first kappa shape index (κ1) is 20.2. The van der Waals surface area contributed by atoms with E-state index in [-0.39, 0.29) is 0 Å². The van der Waals surface area contributed by atoms with Crippen molar-refractivity contribution in [1.29, 1.82) is 0 Å². The second kappa shape index (κ2) is 7.73. The van der Waals surface area contributed by atoms with Crippen molar-refractivity contribution in [2.24, 2.45) is 0 Å². The number of hydrogen-bond acceptors (Lipinski definition) is 1. The fourth-order valence-corrected chi connectivity index (χ4v) is 5.72. The number of furan rings is 1. The van der Waals surface area contributed by atoms with E-state index in [1.165, 1.54) is 27.6 Å². The van der Waals surface area contributed by atoms with Crippen LogP contribution in [-0.2, 0) is 0 Å². The first-order chi connectivity index (χ1) is 18.3. The third kappa shape index (κ3) is 3.00. The molecule has 1 aliphatic carbocycles. The molecule has 2 heteroatoms. The quantitative estimate of drug-likeness (QED) is 0.235. The first-order valence-electron chi connectivity index (χ1n) is 12.5. The number of benzene rings is 5. The van der Waals surface area contributed by atoms with Crippen LogP contribution < -0.4 is 0 Å². The average Bonchev–Trinajstić information content (AvgIpc) is 3.69. The molecule has 0 atom stereocenters. The molecule has 172 valence electrons. The van der Waals surface area contributed by atoms with Crippen LogP contribution in [0.4, 0.5) is 0 Å². The number of hydrogen-bond donors (Lipinski definition) is 0. The van der Waals surface area contributed by atoms with Gasteiger partial charge in [0.1, 0.15) is 11.2 Å². The average molecular weight is 472 g/mol. The van der Waals surface area contributed by atoms with Gasteiger partial charge in [0.15, 0.2) is 0 Å². The van der Waals surface area contributed by atoms with Crippen molar-refractivity contribution >= 4 is 49.3 Å². The Hall–Kier alpha value is -5.04. The molecule has 0 radical (unpaired) electrons. The molecule has 0 saturated heterocycles. The second-order valence-electron chi connectivity index (χ2n) is 9.52. The Kier molecular flexibility index (Phi) is 4.22. The van der Waals surface area contributed by atoms with Gasteiger partial charge in [0.25, 0.3) is 0 Å². The van der Waals surface area contributed by atoms with E-state index in [0.717, 1.165) is 44.0 Å². The molecule has 7 aromatic rings. The van der Waals surface area contributed by atoms with E-state index in [4.69, 9.17) is 4.42 Å². The normalized spacial score (nSPS) is 12.9. The Balaban J connectivity index is 1.49. The van der Waals surface area contributed by atoms with Gasteiger partial charge in [0.2, 0.25) is 0 Å². The smallest absolute Gasteiger partial charge is 0.145 e. The van der Waals surface area contributed by atoms with Crippen molar-refractivity contribution in [2.75, 3.05) is 0 Å². The van der Waals surface area contributed by atoms with Crippen LogP contribution in [0.3, 0.4) is 0 Å². The summed E-state index contributed by atoms with van der Waals surface area (Å²) in [6.07, 6.45) is 6.15. The summed E-state index contributed by atoms with van der Waals surface area (Å²) in [5.74, 6) is 0. The molecule has 2 heterocycles. The zero-order chi connectivity index (χ0) is 24.3. The Bertz CT molecular complexity index is 2110. The lowest BCUT2D eigenvalue weighted by molar-refractivity contribution is 0.673. The summed E-state index contributed by atoms with van der Waals surface area (Å²) in [4.78, 5) is 0. The van der Waals surface area contributed by atoms with Crippen molar-refractivity contribution in [3.63, 3.8) is 0 Å². The van der Waals surface area contributed by atoms with E-state index in [9.17, 15) is 0 Å². The molecule has 2 aromatic heterocycles. The van der Waals surface area contributed by atoms with Gasteiger partial charge in [-0.2, -0.15) is 0 Å². The number of allylic oxidation sites excluding steroid dienone is 3. The molecule has 0 spiro atoms. The molecule has 0 amide bonds. The predicted molar refractivity (Wildman–Crippen MR) is 154 cm³/mol. The van der Waals surface area contributed by atoms with Gasteiger partial charge >= 0.3 is 0 Å². The van der Waals surface area contributed by atoms with E-state index in [0.29, 0.717) is 0 Å². The van der Waals surface area contributed by atoms with Crippen LogP contribution >= 0.6 is 0 Å². The van der Waals surface area contributed by atoms with Gasteiger partial charge in [-0.15, -0.1) is 5.73 Å². The Morgan fingerprint density at radius 2 is 1.38 bits per heavy atom. The molecule has 5 aromatic carbocycles. The number of rotatable bonds is 3. The lowest BCUT2D eigenvalue weighted by Crippen LogP contribution is -1.96. The van der Waals surface area contributed by atoms with E-state index in [1.807, 2.05) is 18.2 Å². The Morgan fingerprint density at radius 3 is 2.24 bits per heavy atom. The van der Waals surface area contributed by atoms with Gasteiger partial charge in [-0.05, 0) is 83.0 Å². The highest BCUT2D eigenvalue weighted by Crippen LogP contribution is 2.41. The summed E-state index contributed by atoms with van der Waals surface area (Å²) < 4.78 is 8.86. The van der Waals surface area contributed by atoms with Crippen LogP contribution in [-0.4, -0.2) is 4.57 Å². The number of aromatic nitrogens is 1. The summed E-state index contributed by atoms with van der Waals surface area (Å²) >= 11 is 0. The first-order valence-corrected chi connectivity index (χ1v) is 12.5. The molecule has 2 nitrogen and oxygen atoms in total. The molecule has 0 saturated carbocycles. The van der Waals surface area contributed by atoms with Crippen molar-refractivity contribution < 1.29 is 4.42 Å². The maximum absolute atomic E-state index is 6.48. The van der Waals surface area contributed by atoms with Gasteiger partial charge in [0, 0.05) is 21.8 Å². The fraction of sp³-hybridized carbons (Fsp3) is 0. The number of nitrogens with zero attached hydrogens (tertiary/aromatic N) is 1. The standard InChI is InChI=1S/C35H21NO/c1-2-10-23(11-3-1)25-20-26(24-12-4-5-13-24)22-27(21-25)36-31-16-8-6-15-30(31)34-32(36)19-18-29-28-14-7-9-17-33(28)37-35(29)34/h1-4,6-22H. The number of para-hydroxylation sites is 2. The summed E-state index contributed by atoms with van der Waals surface area (Å²) in [6.45, 7) is 0. The molecule has 0 fully saturated rings. The highest BCUT2D eigenvalue weighted by Gasteiger charge is 2.19. The second-order valence-corrected chi connectivity index (χ2v) is 9.52. The van der Waals surface area contributed by atoms with Crippen molar-refractivity contribution in [3.05, 3.63) is 139 Å². The van der Waals surface area contributed by atoms with E-state index >= 15 is 0 Å². The lowest BCUT2D eigenvalue weighted by atomic mass is 9.98. The Labute approximate surface area is 213 Å². The molecular formula is C35H21NO. The zero-order valence-corrected chi connectivity index (χ0v) is 20.0. The topological polar surface area (TPSA) is 18.1 Å². The largest absolute Gasteiger partial charge is 0.455 e. The summed E-state index contributed by atoms with van der Waals surface area (Å²) in [7, 11) is 0. The minimum absolute atomic E-state index is 0.919. The molecule has 0 aliphatic heterocycles. The third-order valence-electron chi connectivity index (χ3n) is 7.39. The SMILES string of the molecule is C1=CC=C(c2cc(-c3ccccc3)cc(-n3c4ccccc4c4c5oc6ccccc6c5ccc43)c2)C=1. The lowest BCUT2D eigenvalue weighted by Gasteiger charge is -2.14. The van der Waals surface area contributed by atoms with Gasteiger partial charge in [0.05, 0.1) is 16.4 Å². The van der Waals surface area contributed by atoms with Crippen LogP contribution in [0.1, 0.15) is 5.56 Å². The summed E-state index contributed by atoms with van der Waals surface area (Å²) in [6, 6.07) is 38.8. The van der Waals surface area contributed by atoms with Gasteiger partial charge in [-0.25, -0.2) is 0 Å². The number of fused-ring (bicyclic) bond motifs is 7. The highest BCUT2D eigenvalue weighted by molar-refractivity contribution is 6.23. The molecule has 0 unspecified atom stereocenters. The minimum Gasteiger partial charge on any atom is -0.455 e. The minimum atomic E-state index is 0.919. The maximum Gasteiger partial charge on any atom is 0.145 e. The van der Waals surface area contributed by atoms with E-state index in [1.54, 1.807) is 0 Å². The molecule has 1 aliphatic rings. The molecule has 0 N–H and O–H groups in total. The van der Waals surface area contributed by atoms with Gasteiger partial charge in [-0.3, -0.25) is 0 Å². The van der Waals surface area contributed by atoms with Crippen LogP contribution in [0, 0.1) is 0 Å². The van der Waals surface area contributed by atoms with Gasteiger partial charge < -0.3 is 8.98 Å². The maximum atomic E-state index is 6.48. The van der Waals surface area contributed by atoms with E-state index < -0.39 is 0 Å². The molecule has 8 rings (SSSR count).